The summed E-state index contributed by atoms with van der Waals surface area (Å²) in [5.74, 6) is -1.22. The van der Waals surface area contributed by atoms with Gasteiger partial charge in [-0.3, -0.25) is 9.59 Å². The Bertz CT molecular complexity index is 233. The fraction of sp³-hybridized carbons (Fsp3) is 0.818. The van der Waals surface area contributed by atoms with Crippen molar-refractivity contribution in [2.45, 2.75) is 46.8 Å². The monoisotopic (exact) mass is 216 g/mol. The van der Waals surface area contributed by atoms with Crippen molar-refractivity contribution in [3.63, 3.8) is 0 Å². The van der Waals surface area contributed by atoms with Crippen molar-refractivity contribution >= 4 is 11.8 Å². The molecule has 2 unspecified atom stereocenters. The van der Waals surface area contributed by atoms with E-state index in [1.807, 2.05) is 0 Å². The summed E-state index contributed by atoms with van der Waals surface area (Å²) < 4.78 is 4.90. The van der Waals surface area contributed by atoms with Crippen molar-refractivity contribution in [2.24, 2.45) is 11.8 Å². The number of ether oxygens (including phenoxy) is 1. The molecule has 0 aromatic heterocycles. The number of rotatable bonds is 5. The van der Waals surface area contributed by atoms with Crippen LogP contribution in [0.25, 0.3) is 0 Å². The van der Waals surface area contributed by atoms with Crippen LogP contribution in [0.5, 0.6) is 0 Å². The lowest BCUT2D eigenvalue weighted by Crippen LogP contribution is -2.41. The van der Waals surface area contributed by atoms with Crippen LogP contribution in [0.2, 0.25) is 0 Å². The highest BCUT2D eigenvalue weighted by molar-refractivity contribution is 5.89. The molecule has 4 nitrogen and oxygen atoms in total. The molecule has 88 valence electrons. The quantitative estimate of drug-likeness (QED) is 0.700. The van der Waals surface area contributed by atoms with Crippen molar-refractivity contribution in [2.75, 3.05) is 0 Å². The minimum Gasteiger partial charge on any atom is -0.454 e. The largest absolute Gasteiger partial charge is 0.454 e. The van der Waals surface area contributed by atoms with Crippen molar-refractivity contribution in [1.82, 2.24) is 0 Å². The standard InChI is InChI=1S/C11H20O4/c1-6(2)9(13)10(14)11(7(3)4)15-8(5)12/h6-7,9,11,13H,1-5H3. The molecule has 0 amide bonds. The van der Waals surface area contributed by atoms with Gasteiger partial charge in [-0.15, -0.1) is 0 Å². The number of hydrogen-bond donors (Lipinski definition) is 1. The predicted octanol–water partition coefficient (Wildman–Crippen LogP) is 1.16. The second kappa shape index (κ2) is 5.85. The maximum Gasteiger partial charge on any atom is 0.303 e. The zero-order valence-electron chi connectivity index (χ0n) is 9.98. The van der Waals surface area contributed by atoms with E-state index in [0.717, 1.165) is 0 Å². The number of aliphatic hydroxyl groups is 1. The van der Waals surface area contributed by atoms with Gasteiger partial charge in [-0.25, -0.2) is 0 Å². The van der Waals surface area contributed by atoms with Gasteiger partial charge in [-0.2, -0.15) is 0 Å². The summed E-state index contributed by atoms with van der Waals surface area (Å²) in [6.45, 7) is 8.29. The Morgan fingerprint density at radius 3 is 1.80 bits per heavy atom. The van der Waals surface area contributed by atoms with E-state index in [1.165, 1.54) is 6.92 Å². The van der Waals surface area contributed by atoms with E-state index in [2.05, 4.69) is 0 Å². The van der Waals surface area contributed by atoms with E-state index in [-0.39, 0.29) is 11.8 Å². The Balaban J connectivity index is 4.62. The summed E-state index contributed by atoms with van der Waals surface area (Å²) >= 11 is 0. The minimum absolute atomic E-state index is 0.130. The van der Waals surface area contributed by atoms with Crippen LogP contribution >= 0.6 is 0 Å². The number of carbonyl (C=O) groups is 2. The molecule has 0 aromatic carbocycles. The van der Waals surface area contributed by atoms with Crippen LogP contribution in [0.15, 0.2) is 0 Å². The first-order chi connectivity index (χ1) is 6.77. The number of aliphatic hydroxyl groups excluding tert-OH is 1. The zero-order valence-corrected chi connectivity index (χ0v) is 9.98. The summed E-state index contributed by atoms with van der Waals surface area (Å²) in [5.41, 5.74) is 0. The highest BCUT2D eigenvalue weighted by atomic mass is 16.5. The zero-order chi connectivity index (χ0) is 12.2. The van der Waals surface area contributed by atoms with Crippen LogP contribution in [-0.4, -0.2) is 29.1 Å². The first-order valence-corrected chi connectivity index (χ1v) is 5.16. The van der Waals surface area contributed by atoms with E-state index in [4.69, 9.17) is 4.74 Å². The van der Waals surface area contributed by atoms with Gasteiger partial charge in [0.2, 0.25) is 5.78 Å². The smallest absolute Gasteiger partial charge is 0.303 e. The molecule has 0 aliphatic carbocycles. The van der Waals surface area contributed by atoms with Crippen LogP contribution < -0.4 is 0 Å². The van der Waals surface area contributed by atoms with Crippen molar-refractivity contribution in [1.29, 1.82) is 0 Å². The van der Waals surface area contributed by atoms with E-state index < -0.39 is 24.0 Å². The molecule has 0 heterocycles. The second-order valence-electron chi connectivity index (χ2n) is 4.37. The lowest BCUT2D eigenvalue weighted by molar-refractivity contribution is -0.160. The van der Waals surface area contributed by atoms with E-state index in [1.54, 1.807) is 27.7 Å². The molecule has 0 aliphatic rings. The summed E-state index contributed by atoms with van der Waals surface area (Å²) in [5, 5.41) is 9.59. The summed E-state index contributed by atoms with van der Waals surface area (Å²) in [7, 11) is 0. The van der Waals surface area contributed by atoms with Gasteiger partial charge in [-0.1, -0.05) is 27.7 Å². The molecule has 15 heavy (non-hydrogen) atoms. The van der Waals surface area contributed by atoms with Crippen LogP contribution in [0.1, 0.15) is 34.6 Å². The molecule has 0 saturated heterocycles. The first kappa shape index (κ1) is 14.1. The fourth-order valence-corrected chi connectivity index (χ4v) is 1.20. The molecule has 0 spiro atoms. The lowest BCUT2D eigenvalue weighted by atomic mass is 9.94. The summed E-state index contributed by atoms with van der Waals surface area (Å²) in [4.78, 5) is 22.5. The number of Topliss-reactive ketones (excluding diaryl/α,β-unsaturated/α-hetero) is 1. The van der Waals surface area contributed by atoms with Crippen LogP contribution in [-0.2, 0) is 14.3 Å². The molecule has 1 N–H and O–H groups in total. The Labute approximate surface area is 90.6 Å². The van der Waals surface area contributed by atoms with Crippen LogP contribution in [0.3, 0.4) is 0 Å². The Kier molecular flexibility index (Phi) is 5.50. The fourth-order valence-electron chi connectivity index (χ4n) is 1.20. The summed E-state index contributed by atoms with van der Waals surface area (Å²) in [6.07, 6.45) is -1.92. The van der Waals surface area contributed by atoms with Crippen molar-refractivity contribution < 1.29 is 19.4 Å². The number of carbonyl (C=O) groups excluding carboxylic acids is 2. The number of ketones is 1. The average Bonchev–Trinajstić information content (AvgIpc) is 2.10. The van der Waals surface area contributed by atoms with Crippen molar-refractivity contribution in [3.8, 4) is 0 Å². The average molecular weight is 216 g/mol. The van der Waals surface area contributed by atoms with Gasteiger partial charge in [0, 0.05) is 6.92 Å². The summed E-state index contributed by atoms with van der Waals surface area (Å²) in [6, 6.07) is 0. The van der Waals surface area contributed by atoms with Gasteiger partial charge in [-0.05, 0) is 11.8 Å². The predicted molar refractivity (Wildman–Crippen MR) is 56.2 cm³/mol. The number of hydrogen-bond acceptors (Lipinski definition) is 4. The lowest BCUT2D eigenvalue weighted by Gasteiger charge is -2.23. The van der Waals surface area contributed by atoms with Crippen LogP contribution in [0, 0.1) is 11.8 Å². The van der Waals surface area contributed by atoms with E-state index in [9.17, 15) is 14.7 Å². The normalized spacial score (nSPS) is 15.2. The maximum atomic E-state index is 11.7. The molecular formula is C11H20O4. The Morgan fingerprint density at radius 2 is 1.53 bits per heavy atom. The van der Waals surface area contributed by atoms with Gasteiger partial charge < -0.3 is 9.84 Å². The van der Waals surface area contributed by atoms with Crippen LogP contribution in [0.4, 0.5) is 0 Å². The SMILES string of the molecule is CC(=O)OC(C(=O)C(O)C(C)C)C(C)C. The van der Waals surface area contributed by atoms with Crippen molar-refractivity contribution in [3.05, 3.63) is 0 Å². The molecule has 0 rings (SSSR count). The van der Waals surface area contributed by atoms with Gasteiger partial charge in [0.1, 0.15) is 6.10 Å². The highest BCUT2D eigenvalue weighted by Gasteiger charge is 2.31. The molecule has 0 aromatic rings. The van der Waals surface area contributed by atoms with Gasteiger partial charge in [0.15, 0.2) is 6.10 Å². The molecule has 0 aliphatic heterocycles. The molecule has 0 radical (unpaired) electrons. The third kappa shape index (κ3) is 4.42. The van der Waals surface area contributed by atoms with E-state index in [0.29, 0.717) is 0 Å². The molecule has 2 atom stereocenters. The van der Waals surface area contributed by atoms with E-state index >= 15 is 0 Å². The van der Waals surface area contributed by atoms with Gasteiger partial charge >= 0.3 is 5.97 Å². The third-order valence-electron chi connectivity index (χ3n) is 2.10. The van der Waals surface area contributed by atoms with Gasteiger partial charge in [0.05, 0.1) is 0 Å². The minimum atomic E-state index is -1.07. The third-order valence-corrected chi connectivity index (χ3v) is 2.10. The molecule has 0 saturated carbocycles. The molecule has 0 fully saturated rings. The second-order valence-corrected chi connectivity index (χ2v) is 4.37. The number of esters is 1. The molecular weight excluding hydrogens is 196 g/mol. The Hall–Kier alpha value is -0.900. The molecule has 0 bridgehead atoms. The Morgan fingerprint density at radius 1 is 1.07 bits per heavy atom. The topological polar surface area (TPSA) is 63.6 Å². The molecule has 4 heteroatoms. The highest BCUT2D eigenvalue weighted by Crippen LogP contribution is 2.14. The maximum absolute atomic E-state index is 11.7. The first-order valence-electron chi connectivity index (χ1n) is 5.16. The van der Waals surface area contributed by atoms with Gasteiger partial charge in [0.25, 0.3) is 0 Å².